The van der Waals surface area contributed by atoms with Crippen molar-refractivity contribution in [2.24, 2.45) is 4.99 Å². The number of aromatic nitrogens is 1. The van der Waals surface area contributed by atoms with Crippen LogP contribution in [0.2, 0.25) is 0 Å². The summed E-state index contributed by atoms with van der Waals surface area (Å²) >= 11 is 1.54. The zero-order valence-corrected chi connectivity index (χ0v) is 11.0. The first-order chi connectivity index (χ1) is 9.43. The minimum atomic E-state index is 0.919. The van der Waals surface area contributed by atoms with Crippen LogP contribution in [0.4, 0.5) is 5.00 Å². The molecule has 0 atom stereocenters. The van der Waals surface area contributed by atoms with Crippen molar-refractivity contribution in [3.05, 3.63) is 83.5 Å². The van der Waals surface area contributed by atoms with E-state index in [0.717, 1.165) is 21.8 Å². The molecule has 0 radical (unpaired) electrons. The topological polar surface area (TPSA) is 25.2 Å². The van der Waals surface area contributed by atoms with E-state index in [9.17, 15) is 0 Å². The smallest absolute Gasteiger partial charge is 0.136 e. The highest BCUT2D eigenvalue weighted by molar-refractivity contribution is 7.13. The van der Waals surface area contributed by atoms with E-state index in [1.54, 1.807) is 23.0 Å². The van der Waals surface area contributed by atoms with Gasteiger partial charge in [-0.1, -0.05) is 60.7 Å². The van der Waals surface area contributed by atoms with Crippen LogP contribution in [0.25, 0.3) is 0 Å². The fourth-order valence-corrected chi connectivity index (χ4v) is 2.36. The Morgan fingerprint density at radius 3 is 1.89 bits per heavy atom. The Kier molecular flexibility index (Phi) is 3.47. The van der Waals surface area contributed by atoms with Gasteiger partial charge in [-0.3, -0.25) is 4.98 Å². The fraction of sp³-hybridized carbons (Fsp3) is 0. The summed E-state index contributed by atoms with van der Waals surface area (Å²) in [6, 6.07) is 20.4. The van der Waals surface area contributed by atoms with Gasteiger partial charge in [-0.2, -0.15) is 0 Å². The molecule has 1 heterocycles. The minimum absolute atomic E-state index is 0.919. The van der Waals surface area contributed by atoms with Crippen molar-refractivity contribution in [3.8, 4) is 0 Å². The lowest BCUT2D eigenvalue weighted by Crippen LogP contribution is -2.02. The Morgan fingerprint density at radius 2 is 1.42 bits per heavy atom. The molecule has 0 saturated carbocycles. The number of hydrogen-bond donors (Lipinski definition) is 0. The Balaban J connectivity index is 2.12. The second-order valence-electron chi connectivity index (χ2n) is 4.03. The fourth-order valence-electron chi connectivity index (χ4n) is 1.86. The molecule has 0 fully saturated rings. The Morgan fingerprint density at radius 1 is 0.842 bits per heavy atom. The third-order valence-electron chi connectivity index (χ3n) is 2.74. The SMILES string of the molecule is c1ccc(C(=Nc2cncs2)c2ccccc2)cc1. The van der Waals surface area contributed by atoms with Gasteiger partial charge in [-0.25, -0.2) is 4.99 Å². The molecule has 0 unspecified atom stereocenters. The molecule has 2 nitrogen and oxygen atoms in total. The van der Waals surface area contributed by atoms with Crippen molar-refractivity contribution in [2.75, 3.05) is 0 Å². The molecule has 0 spiro atoms. The molecule has 3 aromatic rings. The lowest BCUT2D eigenvalue weighted by molar-refractivity contribution is 1.40. The third-order valence-corrected chi connectivity index (χ3v) is 3.40. The van der Waals surface area contributed by atoms with Crippen molar-refractivity contribution < 1.29 is 0 Å². The first kappa shape index (κ1) is 11.8. The molecule has 0 aliphatic heterocycles. The van der Waals surface area contributed by atoms with Crippen LogP contribution in [-0.2, 0) is 0 Å². The van der Waals surface area contributed by atoms with Crippen molar-refractivity contribution in [3.63, 3.8) is 0 Å². The standard InChI is InChI=1S/C16H12N2S/c1-3-7-13(8-4-1)16(14-9-5-2-6-10-14)18-15-11-17-12-19-15/h1-12H. The van der Waals surface area contributed by atoms with E-state index in [1.807, 2.05) is 36.4 Å². The average molecular weight is 264 g/mol. The van der Waals surface area contributed by atoms with Crippen LogP contribution in [-0.4, -0.2) is 10.7 Å². The maximum Gasteiger partial charge on any atom is 0.136 e. The first-order valence-electron chi connectivity index (χ1n) is 6.01. The summed E-state index contributed by atoms with van der Waals surface area (Å²) < 4.78 is 0. The van der Waals surface area contributed by atoms with E-state index in [2.05, 4.69) is 29.2 Å². The largest absolute Gasteiger partial charge is 0.251 e. The highest BCUT2D eigenvalue weighted by Crippen LogP contribution is 2.21. The van der Waals surface area contributed by atoms with Gasteiger partial charge in [0.25, 0.3) is 0 Å². The van der Waals surface area contributed by atoms with E-state index in [4.69, 9.17) is 4.99 Å². The van der Waals surface area contributed by atoms with Crippen molar-refractivity contribution in [2.45, 2.75) is 0 Å². The van der Waals surface area contributed by atoms with E-state index in [0.29, 0.717) is 0 Å². The summed E-state index contributed by atoms with van der Waals surface area (Å²) in [5.41, 5.74) is 5.00. The molecular weight excluding hydrogens is 252 g/mol. The van der Waals surface area contributed by atoms with E-state index >= 15 is 0 Å². The van der Waals surface area contributed by atoms with Gasteiger partial charge < -0.3 is 0 Å². The highest BCUT2D eigenvalue weighted by atomic mass is 32.1. The lowest BCUT2D eigenvalue weighted by atomic mass is 10.0. The van der Waals surface area contributed by atoms with Crippen LogP contribution in [0.15, 0.2) is 77.4 Å². The zero-order valence-electron chi connectivity index (χ0n) is 10.2. The second kappa shape index (κ2) is 5.59. The Hall–Kier alpha value is -2.26. The second-order valence-corrected chi connectivity index (χ2v) is 4.90. The Labute approximate surface area is 116 Å². The summed E-state index contributed by atoms with van der Waals surface area (Å²) in [5, 5.41) is 0.919. The average Bonchev–Trinajstić information content (AvgIpc) is 3.00. The van der Waals surface area contributed by atoms with Crippen LogP contribution in [0.3, 0.4) is 0 Å². The molecule has 3 heteroatoms. The van der Waals surface area contributed by atoms with Crippen LogP contribution < -0.4 is 0 Å². The molecular formula is C16H12N2S. The van der Waals surface area contributed by atoms with Gasteiger partial charge in [-0.15, -0.1) is 11.3 Å². The van der Waals surface area contributed by atoms with Crippen molar-refractivity contribution >= 4 is 22.0 Å². The molecule has 0 N–H and O–H groups in total. The maximum absolute atomic E-state index is 4.73. The van der Waals surface area contributed by atoms with E-state index in [-0.39, 0.29) is 0 Å². The number of aliphatic imine (C=N–C) groups is 1. The van der Waals surface area contributed by atoms with Crippen LogP contribution in [0.5, 0.6) is 0 Å². The molecule has 0 aliphatic rings. The summed E-state index contributed by atoms with van der Waals surface area (Å²) in [4.78, 5) is 8.81. The molecule has 92 valence electrons. The van der Waals surface area contributed by atoms with Crippen molar-refractivity contribution in [1.29, 1.82) is 0 Å². The maximum atomic E-state index is 4.73. The van der Waals surface area contributed by atoms with Gasteiger partial charge in [0.05, 0.1) is 17.4 Å². The summed E-state index contributed by atoms with van der Waals surface area (Å²) in [6.07, 6.45) is 1.79. The molecule has 0 saturated heterocycles. The minimum Gasteiger partial charge on any atom is -0.251 e. The number of thiazole rings is 1. The lowest BCUT2D eigenvalue weighted by Gasteiger charge is -2.06. The molecule has 19 heavy (non-hydrogen) atoms. The quantitative estimate of drug-likeness (QED) is 0.647. The summed E-state index contributed by atoms with van der Waals surface area (Å²) in [6.45, 7) is 0. The van der Waals surface area contributed by atoms with Crippen LogP contribution >= 0.6 is 11.3 Å². The third kappa shape index (κ3) is 2.77. The van der Waals surface area contributed by atoms with Gasteiger partial charge >= 0.3 is 0 Å². The predicted octanol–water partition coefficient (Wildman–Crippen LogP) is 4.31. The summed E-state index contributed by atoms with van der Waals surface area (Å²) in [5.74, 6) is 0. The number of rotatable bonds is 3. The van der Waals surface area contributed by atoms with E-state index < -0.39 is 0 Å². The highest BCUT2D eigenvalue weighted by Gasteiger charge is 2.06. The Bertz CT molecular complexity index is 617. The molecule has 1 aromatic heterocycles. The number of benzene rings is 2. The summed E-state index contributed by atoms with van der Waals surface area (Å²) in [7, 11) is 0. The molecule has 0 bridgehead atoms. The van der Waals surface area contributed by atoms with Crippen molar-refractivity contribution in [1.82, 2.24) is 4.98 Å². The number of nitrogens with zero attached hydrogens (tertiary/aromatic N) is 2. The zero-order chi connectivity index (χ0) is 12.9. The van der Waals surface area contributed by atoms with Gasteiger partial charge in [0.2, 0.25) is 0 Å². The van der Waals surface area contributed by atoms with Crippen LogP contribution in [0, 0.1) is 0 Å². The van der Waals surface area contributed by atoms with Crippen LogP contribution in [0.1, 0.15) is 11.1 Å². The molecule has 0 aliphatic carbocycles. The van der Waals surface area contributed by atoms with Gasteiger partial charge in [-0.05, 0) is 0 Å². The number of hydrogen-bond acceptors (Lipinski definition) is 3. The molecule has 3 rings (SSSR count). The van der Waals surface area contributed by atoms with E-state index in [1.165, 1.54) is 0 Å². The first-order valence-corrected chi connectivity index (χ1v) is 6.89. The normalized spacial score (nSPS) is 10.1. The monoisotopic (exact) mass is 264 g/mol. The van der Waals surface area contributed by atoms with Gasteiger partial charge in [0.15, 0.2) is 0 Å². The van der Waals surface area contributed by atoms with Gasteiger partial charge in [0.1, 0.15) is 5.00 Å². The predicted molar refractivity (Wildman–Crippen MR) is 80.3 cm³/mol. The van der Waals surface area contributed by atoms with Gasteiger partial charge in [0, 0.05) is 11.1 Å². The molecule has 0 amide bonds. The molecule has 2 aromatic carbocycles.